The number of likely N-dealkylation sites (tertiary alicyclic amines) is 1. The number of hydrogen-bond acceptors (Lipinski definition) is 4. The third-order valence-corrected chi connectivity index (χ3v) is 4.27. The van der Waals surface area contributed by atoms with Crippen LogP contribution in [0.5, 0.6) is 0 Å². The standard InChI is InChI=1S/C14H21N3O3/c1-8-5-6-17(11(8)7-18)14(20)12-9(2)10(3)15-16(4)13(12)19/h8,11,18H,5-7H2,1-4H3. The topological polar surface area (TPSA) is 75.4 Å². The summed E-state index contributed by atoms with van der Waals surface area (Å²) in [6.07, 6.45) is 0.848. The zero-order chi connectivity index (χ0) is 15.0. The molecule has 6 heteroatoms. The number of carbonyl (C=O) groups excluding carboxylic acids is 1. The number of aryl methyl sites for hydroxylation is 2. The molecule has 6 nitrogen and oxygen atoms in total. The highest BCUT2D eigenvalue weighted by Crippen LogP contribution is 2.25. The predicted molar refractivity (Wildman–Crippen MR) is 74.6 cm³/mol. The molecule has 20 heavy (non-hydrogen) atoms. The third kappa shape index (κ3) is 2.24. The highest BCUT2D eigenvalue weighted by molar-refractivity contribution is 5.95. The van der Waals surface area contributed by atoms with Crippen molar-refractivity contribution >= 4 is 5.91 Å². The molecule has 1 fully saturated rings. The van der Waals surface area contributed by atoms with Crippen molar-refractivity contribution in [1.29, 1.82) is 0 Å². The predicted octanol–water partition coefficient (Wildman–Crippen LogP) is 0.240. The van der Waals surface area contributed by atoms with E-state index in [1.54, 1.807) is 25.8 Å². The van der Waals surface area contributed by atoms with Gasteiger partial charge >= 0.3 is 0 Å². The molecule has 0 bridgehead atoms. The molecule has 0 aliphatic carbocycles. The summed E-state index contributed by atoms with van der Waals surface area (Å²) >= 11 is 0. The lowest BCUT2D eigenvalue weighted by Crippen LogP contribution is -2.43. The summed E-state index contributed by atoms with van der Waals surface area (Å²) in [5, 5.41) is 13.5. The Hall–Kier alpha value is -1.69. The van der Waals surface area contributed by atoms with Gasteiger partial charge in [-0.3, -0.25) is 9.59 Å². The highest BCUT2D eigenvalue weighted by atomic mass is 16.3. The van der Waals surface area contributed by atoms with Crippen LogP contribution in [0.4, 0.5) is 0 Å². The Morgan fingerprint density at radius 3 is 2.70 bits per heavy atom. The number of carbonyl (C=O) groups is 1. The number of hydrogen-bond donors (Lipinski definition) is 1. The van der Waals surface area contributed by atoms with E-state index >= 15 is 0 Å². The molecule has 1 aromatic heterocycles. The zero-order valence-electron chi connectivity index (χ0n) is 12.4. The van der Waals surface area contributed by atoms with E-state index < -0.39 is 0 Å². The van der Waals surface area contributed by atoms with Crippen molar-refractivity contribution in [2.45, 2.75) is 33.2 Å². The Labute approximate surface area is 118 Å². The van der Waals surface area contributed by atoms with E-state index in [0.29, 0.717) is 17.8 Å². The van der Waals surface area contributed by atoms with Gasteiger partial charge in [-0.1, -0.05) is 6.92 Å². The van der Waals surface area contributed by atoms with Crippen LogP contribution >= 0.6 is 0 Å². The van der Waals surface area contributed by atoms with Crippen molar-refractivity contribution in [2.75, 3.05) is 13.2 Å². The summed E-state index contributed by atoms with van der Waals surface area (Å²) in [6.45, 7) is 6.04. The molecule has 0 radical (unpaired) electrons. The fourth-order valence-electron chi connectivity index (χ4n) is 2.78. The van der Waals surface area contributed by atoms with Gasteiger partial charge in [0.2, 0.25) is 0 Å². The number of aromatic nitrogens is 2. The average Bonchev–Trinajstić information content (AvgIpc) is 2.77. The van der Waals surface area contributed by atoms with E-state index in [0.717, 1.165) is 6.42 Å². The van der Waals surface area contributed by atoms with Crippen LogP contribution in [0.3, 0.4) is 0 Å². The van der Waals surface area contributed by atoms with Crippen molar-refractivity contribution in [3.05, 3.63) is 27.2 Å². The van der Waals surface area contributed by atoms with E-state index in [-0.39, 0.29) is 35.6 Å². The van der Waals surface area contributed by atoms with Crippen molar-refractivity contribution in [2.24, 2.45) is 13.0 Å². The van der Waals surface area contributed by atoms with Crippen LogP contribution in [0.2, 0.25) is 0 Å². The molecule has 0 saturated carbocycles. The van der Waals surface area contributed by atoms with Gasteiger partial charge in [0, 0.05) is 13.6 Å². The molecule has 110 valence electrons. The van der Waals surface area contributed by atoms with Crippen LogP contribution in [0.1, 0.15) is 35.0 Å². The molecule has 1 amide bonds. The molecule has 1 aromatic rings. The number of amides is 1. The molecular formula is C14H21N3O3. The molecule has 2 unspecified atom stereocenters. The van der Waals surface area contributed by atoms with Gasteiger partial charge in [0.1, 0.15) is 5.56 Å². The second-order valence-corrected chi connectivity index (χ2v) is 5.53. The van der Waals surface area contributed by atoms with Crippen molar-refractivity contribution < 1.29 is 9.90 Å². The lowest BCUT2D eigenvalue weighted by Gasteiger charge is -2.25. The normalized spacial score (nSPS) is 22.4. The average molecular weight is 279 g/mol. The van der Waals surface area contributed by atoms with E-state index in [2.05, 4.69) is 5.10 Å². The maximum atomic E-state index is 12.7. The molecule has 2 heterocycles. The largest absolute Gasteiger partial charge is 0.394 e. The Bertz CT molecular complexity index is 594. The second-order valence-electron chi connectivity index (χ2n) is 5.53. The van der Waals surface area contributed by atoms with Gasteiger partial charge in [0.05, 0.1) is 18.3 Å². The maximum absolute atomic E-state index is 12.7. The van der Waals surface area contributed by atoms with E-state index in [1.165, 1.54) is 4.68 Å². The molecule has 2 rings (SSSR count). The Kier molecular flexibility index (Phi) is 3.94. The Balaban J connectivity index is 2.47. The van der Waals surface area contributed by atoms with Crippen LogP contribution in [0, 0.1) is 19.8 Å². The summed E-state index contributed by atoms with van der Waals surface area (Å²) in [5.74, 6) is -0.0481. The first-order valence-corrected chi connectivity index (χ1v) is 6.84. The van der Waals surface area contributed by atoms with Crippen LogP contribution in [-0.4, -0.2) is 44.9 Å². The molecule has 0 spiro atoms. The summed E-state index contributed by atoms with van der Waals surface area (Å²) in [5.41, 5.74) is 1.08. The summed E-state index contributed by atoms with van der Waals surface area (Å²) < 4.78 is 1.20. The van der Waals surface area contributed by atoms with Gasteiger partial charge in [0.15, 0.2) is 0 Å². The summed E-state index contributed by atoms with van der Waals surface area (Å²) in [4.78, 5) is 26.5. The fraction of sp³-hybridized carbons (Fsp3) is 0.643. The van der Waals surface area contributed by atoms with Crippen LogP contribution in [0.25, 0.3) is 0 Å². The highest BCUT2D eigenvalue weighted by Gasteiger charge is 2.36. The minimum Gasteiger partial charge on any atom is -0.394 e. The van der Waals surface area contributed by atoms with Crippen molar-refractivity contribution in [3.8, 4) is 0 Å². The lowest BCUT2D eigenvalue weighted by molar-refractivity contribution is 0.0644. The smallest absolute Gasteiger partial charge is 0.279 e. The van der Waals surface area contributed by atoms with Gasteiger partial charge in [-0.2, -0.15) is 5.10 Å². The fourth-order valence-corrected chi connectivity index (χ4v) is 2.78. The maximum Gasteiger partial charge on any atom is 0.279 e. The van der Waals surface area contributed by atoms with Gasteiger partial charge in [-0.25, -0.2) is 4.68 Å². The summed E-state index contributed by atoms with van der Waals surface area (Å²) in [7, 11) is 1.54. The minimum absolute atomic E-state index is 0.0731. The van der Waals surface area contributed by atoms with E-state index in [1.807, 2.05) is 6.92 Å². The molecule has 1 aliphatic heterocycles. The molecule has 0 aromatic carbocycles. The zero-order valence-corrected chi connectivity index (χ0v) is 12.4. The second kappa shape index (κ2) is 5.36. The minimum atomic E-state index is -0.380. The number of aliphatic hydroxyl groups is 1. The molecule has 1 N–H and O–H groups in total. The van der Waals surface area contributed by atoms with Crippen LogP contribution in [-0.2, 0) is 7.05 Å². The van der Waals surface area contributed by atoms with Crippen LogP contribution in [0.15, 0.2) is 4.79 Å². The molecular weight excluding hydrogens is 258 g/mol. The number of aliphatic hydroxyl groups excluding tert-OH is 1. The van der Waals surface area contributed by atoms with Gasteiger partial charge in [-0.05, 0) is 31.7 Å². The Morgan fingerprint density at radius 1 is 1.45 bits per heavy atom. The molecule has 1 saturated heterocycles. The van der Waals surface area contributed by atoms with E-state index in [4.69, 9.17) is 0 Å². The number of nitrogens with zero attached hydrogens (tertiary/aromatic N) is 3. The lowest BCUT2D eigenvalue weighted by atomic mass is 10.0. The first-order chi connectivity index (χ1) is 9.38. The van der Waals surface area contributed by atoms with Crippen LogP contribution < -0.4 is 5.56 Å². The van der Waals surface area contributed by atoms with E-state index in [9.17, 15) is 14.7 Å². The quantitative estimate of drug-likeness (QED) is 0.841. The Morgan fingerprint density at radius 2 is 2.10 bits per heavy atom. The summed E-state index contributed by atoms with van der Waals surface area (Å²) in [6, 6.07) is -0.208. The van der Waals surface area contributed by atoms with Gasteiger partial charge in [0.25, 0.3) is 11.5 Å². The first-order valence-electron chi connectivity index (χ1n) is 6.84. The molecule has 1 aliphatic rings. The number of rotatable bonds is 2. The molecule has 2 atom stereocenters. The SMILES string of the molecule is Cc1nn(C)c(=O)c(C(=O)N2CCC(C)C2CO)c1C. The van der Waals surface area contributed by atoms with Gasteiger partial charge < -0.3 is 10.0 Å². The van der Waals surface area contributed by atoms with Crippen molar-refractivity contribution in [3.63, 3.8) is 0 Å². The van der Waals surface area contributed by atoms with Gasteiger partial charge in [-0.15, -0.1) is 0 Å². The van der Waals surface area contributed by atoms with Crippen molar-refractivity contribution in [1.82, 2.24) is 14.7 Å². The first kappa shape index (κ1) is 14.7. The monoisotopic (exact) mass is 279 g/mol. The third-order valence-electron chi connectivity index (χ3n) is 4.27.